The Kier molecular flexibility index (Phi) is 4.84. The lowest BCUT2D eigenvalue weighted by Gasteiger charge is -2.27. The van der Waals surface area contributed by atoms with Crippen LogP contribution in [0.25, 0.3) is 5.57 Å². The van der Waals surface area contributed by atoms with Crippen LogP contribution in [0.2, 0.25) is 0 Å². The molecule has 2 aliphatic rings. The lowest BCUT2D eigenvalue weighted by atomic mass is 9.89. The molecule has 0 aliphatic carbocycles. The van der Waals surface area contributed by atoms with Crippen molar-refractivity contribution >= 4 is 23.6 Å². The van der Waals surface area contributed by atoms with Gasteiger partial charge in [0, 0.05) is 49.6 Å². The summed E-state index contributed by atoms with van der Waals surface area (Å²) in [6.07, 6.45) is 8.85. The van der Waals surface area contributed by atoms with Gasteiger partial charge < -0.3 is 9.80 Å². The molecular formula is C20H21FN3O2+. The second kappa shape index (κ2) is 7.07. The molecule has 0 aromatic heterocycles. The summed E-state index contributed by atoms with van der Waals surface area (Å²) in [6, 6.07) is 4.23. The van der Waals surface area contributed by atoms with Crippen molar-refractivity contribution in [3.63, 3.8) is 0 Å². The first-order valence-electron chi connectivity index (χ1n) is 8.39. The number of benzene rings is 1. The van der Waals surface area contributed by atoms with Crippen molar-refractivity contribution in [1.29, 1.82) is 0 Å². The highest BCUT2D eigenvalue weighted by Crippen LogP contribution is 2.33. The molecule has 1 atom stereocenters. The fourth-order valence-electron chi connectivity index (χ4n) is 3.06. The van der Waals surface area contributed by atoms with E-state index in [1.807, 2.05) is 19.1 Å². The first-order valence-corrected chi connectivity index (χ1v) is 8.39. The van der Waals surface area contributed by atoms with Gasteiger partial charge in [-0.15, -0.1) is 0 Å². The zero-order valence-electron chi connectivity index (χ0n) is 15.0. The average Bonchev–Trinajstić information content (AvgIpc) is 3.11. The number of allylic oxidation sites excluding steroid dienone is 2. The smallest absolute Gasteiger partial charge is 0.300 e. The molecule has 2 aliphatic heterocycles. The maximum atomic E-state index is 15.1. The minimum absolute atomic E-state index is 0.0115. The minimum atomic E-state index is -0.579. The molecule has 0 saturated carbocycles. The largest absolute Gasteiger partial charge is 0.345 e. The van der Waals surface area contributed by atoms with Crippen LogP contribution in [0, 0.1) is 5.82 Å². The number of halogens is 1. The van der Waals surface area contributed by atoms with Gasteiger partial charge in [-0.05, 0) is 13.0 Å². The first kappa shape index (κ1) is 17.8. The highest BCUT2D eigenvalue weighted by atomic mass is 19.1. The van der Waals surface area contributed by atoms with Gasteiger partial charge in [0.05, 0.1) is 5.56 Å². The van der Waals surface area contributed by atoms with Gasteiger partial charge in [-0.1, -0.05) is 24.3 Å². The highest BCUT2D eigenvalue weighted by molar-refractivity contribution is 6.02. The molecule has 2 heterocycles. The predicted molar refractivity (Wildman–Crippen MR) is 97.8 cm³/mol. The summed E-state index contributed by atoms with van der Waals surface area (Å²) in [7, 11) is 3.17. The number of hydrogen-bond acceptors (Lipinski definition) is 2. The third kappa shape index (κ3) is 2.98. The van der Waals surface area contributed by atoms with Crippen molar-refractivity contribution < 1.29 is 19.0 Å². The Balaban J connectivity index is 2.11. The molecule has 0 bridgehead atoms. The van der Waals surface area contributed by atoms with Crippen molar-refractivity contribution in [2.24, 2.45) is 0 Å². The normalized spacial score (nSPS) is 18.8. The van der Waals surface area contributed by atoms with Gasteiger partial charge in [0.1, 0.15) is 5.82 Å². The topological polar surface area (TPSA) is 54.6 Å². The fraction of sp³-hybridized carbons (Fsp3) is 0.250. The van der Waals surface area contributed by atoms with E-state index in [4.69, 9.17) is 0 Å². The SMILES string of the molecule is C/C=C/CN1C=C(c2cccc(C(=O)N(C)C)c2F)C2=CC=[NH+]C2C1=O. The number of fused-ring (bicyclic) bond motifs is 1. The summed E-state index contributed by atoms with van der Waals surface area (Å²) in [4.78, 5) is 30.8. The van der Waals surface area contributed by atoms with Crippen LogP contribution >= 0.6 is 0 Å². The minimum Gasteiger partial charge on any atom is -0.345 e. The molecule has 0 spiro atoms. The molecule has 3 rings (SSSR count). The highest BCUT2D eigenvalue weighted by Gasteiger charge is 2.40. The van der Waals surface area contributed by atoms with Gasteiger partial charge in [-0.25, -0.2) is 9.38 Å². The Bertz CT molecular complexity index is 881. The second-order valence-corrected chi connectivity index (χ2v) is 6.36. The van der Waals surface area contributed by atoms with Gasteiger partial charge in [0.25, 0.3) is 17.9 Å². The number of rotatable bonds is 4. The van der Waals surface area contributed by atoms with E-state index in [1.165, 1.54) is 11.0 Å². The third-order valence-corrected chi connectivity index (χ3v) is 4.43. The van der Waals surface area contributed by atoms with Crippen molar-refractivity contribution in [3.8, 4) is 0 Å². The van der Waals surface area contributed by atoms with E-state index in [0.29, 0.717) is 23.3 Å². The molecule has 2 amide bonds. The number of amides is 2. The van der Waals surface area contributed by atoms with Gasteiger partial charge >= 0.3 is 0 Å². The lowest BCUT2D eigenvalue weighted by Crippen LogP contribution is -2.79. The molecular weight excluding hydrogens is 333 g/mol. The summed E-state index contributed by atoms with van der Waals surface area (Å²) < 4.78 is 15.1. The number of nitrogens with one attached hydrogen (secondary N) is 1. The summed E-state index contributed by atoms with van der Waals surface area (Å²) >= 11 is 0. The van der Waals surface area contributed by atoms with E-state index in [2.05, 4.69) is 4.99 Å². The van der Waals surface area contributed by atoms with Gasteiger partial charge in [0.2, 0.25) is 0 Å². The van der Waals surface area contributed by atoms with Crippen molar-refractivity contribution in [3.05, 3.63) is 65.1 Å². The summed E-state index contributed by atoms with van der Waals surface area (Å²) in [5.74, 6) is -1.07. The zero-order chi connectivity index (χ0) is 18.8. The van der Waals surface area contributed by atoms with Crippen LogP contribution in [-0.4, -0.2) is 54.5 Å². The molecule has 26 heavy (non-hydrogen) atoms. The number of nitrogens with zero attached hydrogens (tertiary/aromatic N) is 2. The average molecular weight is 354 g/mol. The second-order valence-electron chi connectivity index (χ2n) is 6.36. The molecule has 1 aromatic rings. The van der Waals surface area contributed by atoms with E-state index < -0.39 is 17.8 Å². The summed E-state index contributed by atoms with van der Waals surface area (Å²) in [5.41, 5.74) is 1.63. The molecule has 0 saturated heterocycles. The molecule has 0 radical (unpaired) electrons. The summed E-state index contributed by atoms with van der Waals surface area (Å²) in [6.45, 7) is 2.28. The van der Waals surface area contributed by atoms with Crippen LogP contribution in [0.5, 0.6) is 0 Å². The fourth-order valence-corrected chi connectivity index (χ4v) is 3.06. The van der Waals surface area contributed by atoms with Crippen LogP contribution in [0.15, 0.2) is 48.2 Å². The molecule has 1 unspecified atom stereocenters. The van der Waals surface area contributed by atoms with E-state index in [9.17, 15) is 9.59 Å². The third-order valence-electron chi connectivity index (χ3n) is 4.43. The molecule has 6 heteroatoms. The monoisotopic (exact) mass is 354 g/mol. The molecule has 134 valence electrons. The van der Waals surface area contributed by atoms with Crippen LogP contribution in [-0.2, 0) is 4.79 Å². The van der Waals surface area contributed by atoms with E-state index in [1.54, 1.807) is 49.6 Å². The van der Waals surface area contributed by atoms with Crippen LogP contribution < -0.4 is 4.99 Å². The Labute approximate surface area is 151 Å². The van der Waals surface area contributed by atoms with Crippen LogP contribution in [0.4, 0.5) is 4.39 Å². The standard InChI is InChI=1S/C20H20FN3O2/c1-4-5-11-24-12-16(14-9-10-22-18(14)20(24)26)13-7-6-8-15(17(13)21)19(25)23(2)3/h4-10,12,18H,11H2,1-3H3/p+1/b5-4+. The van der Waals surface area contributed by atoms with Crippen molar-refractivity contribution in [2.75, 3.05) is 20.6 Å². The quantitative estimate of drug-likeness (QED) is 0.812. The molecule has 0 fully saturated rings. The Morgan fingerprint density at radius 2 is 2.15 bits per heavy atom. The van der Waals surface area contributed by atoms with E-state index in [0.717, 1.165) is 0 Å². The number of carbonyl (C=O) groups is 2. The molecule has 1 aromatic carbocycles. The Hall–Kier alpha value is -3.02. The Morgan fingerprint density at radius 1 is 1.38 bits per heavy atom. The van der Waals surface area contributed by atoms with E-state index in [-0.39, 0.29) is 11.5 Å². The van der Waals surface area contributed by atoms with Crippen molar-refractivity contribution in [1.82, 2.24) is 9.80 Å². The maximum Gasteiger partial charge on any atom is 0.300 e. The number of hydrogen-bond donors (Lipinski definition) is 1. The van der Waals surface area contributed by atoms with Crippen LogP contribution in [0.1, 0.15) is 22.8 Å². The van der Waals surface area contributed by atoms with E-state index >= 15 is 4.39 Å². The van der Waals surface area contributed by atoms with Crippen LogP contribution in [0.3, 0.4) is 0 Å². The van der Waals surface area contributed by atoms with Gasteiger partial charge in [-0.3, -0.25) is 9.59 Å². The molecule has 5 nitrogen and oxygen atoms in total. The maximum absolute atomic E-state index is 15.1. The first-order chi connectivity index (χ1) is 12.5. The lowest BCUT2D eigenvalue weighted by molar-refractivity contribution is -0.467. The predicted octanol–water partition coefficient (Wildman–Crippen LogP) is 0.747. The Morgan fingerprint density at radius 3 is 2.85 bits per heavy atom. The number of carbonyl (C=O) groups excluding carboxylic acids is 2. The zero-order valence-corrected chi connectivity index (χ0v) is 15.0. The van der Waals surface area contributed by atoms with Crippen molar-refractivity contribution in [2.45, 2.75) is 13.0 Å². The molecule has 1 N–H and O–H groups in total. The van der Waals surface area contributed by atoms with Gasteiger partial charge in [-0.2, -0.15) is 0 Å². The summed E-state index contributed by atoms with van der Waals surface area (Å²) in [5, 5.41) is 0. The van der Waals surface area contributed by atoms with Gasteiger partial charge in [0.15, 0.2) is 6.21 Å².